The molecule has 2 aliphatic rings. The van der Waals surface area contributed by atoms with Crippen LogP contribution in [0.2, 0.25) is 0 Å². The highest BCUT2D eigenvalue weighted by atomic mass is 19.1. The van der Waals surface area contributed by atoms with Gasteiger partial charge in [0.1, 0.15) is 11.5 Å². The van der Waals surface area contributed by atoms with Crippen molar-refractivity contribution in [1.29, 1.82) is 0 Å². The van der Waals surface area contributed by atoms with Crippen molar-refractivity contribution in [2.24, 2.45) is 0 Å². The van der Waals surface area contributed by atoms with E-state index in [9.17, 15) is 9.18 Å². The van der Waals surface area contributed by atoms with Gasteiger partial charge >= 0.3 is 0 Å². The summed E-state index contributed by atoms with van der Waals surface area (Å²) in [6.07, 6.45) is 0.415. The maximum atomic E-state index is 13.8. The molecule has 1 atom stereocenters. The Labute approximate surface area is 105 Å². The van der Waals surface area contributed by atoms with Gasteiger partial charge in [0, 0.05) is 26.1 Å². The third-order valence-corrected chi connectivity index (χ3v) is 3.67. The van der Waals surface area contributed by atoms with E-state index in [2.05, 4.69) is 15.1 Å². The van der Waals surface area contributed by atoms with Crippen LogP contribution in [0, 0.1) is 5.82 Å². The lowest BCUT2D eigenvalue weighted by atomic mass is 10.1. The van der Waals surface area contributed by atoms with Crippen LogP contribution in [0.15, 0.2) is 18.2 Å². The van der Waals surface area contributed by atoms with Crippen LogP contribution in [0.3, 0.4) is 0 Å². The molecule has 0 aliphatic carbocycles. The minimum atomic E-state index is -0.361. The van der Waals surface area contributed by atoms with Crippen LogP contribution in [0.5, 0.6) is 0 Å². The van der Waals surface area contributed by atoms with Gasteiger partial charge in [-0.1, -0.05) is 6.07 Å². The predicted molar refractivity (Wildman–Crippen MR) is 68.3 cm³/mol. The Kier molecular flexibility index (Phi) is 2.70. The monoisotopic (exact) mass is 249 g/mol. The van der Waals surface area contributed by atoms with Gasteiger partial charge in [-0.25, -0.2) is 4.39 Å². The highest BCUT2D eigenvalue weighted by Gasteiger charge is 2.32. The topological polar surface area (TPSA) is 35.6 Å². The molecule has 0 spiro atoms. The highest BCUT2D eigenvalue weighted by molar-refractivity contribution is 5.97. The average molecular weight is 249 g/mol. The lowest BCUT2D eigenvalue weighted by Crippen LogP contribution is -2.52. The largest absolute Gasteiger partial charge is 0.364 e. The van der Waals surface area contributed by atoms with Crippen LogP contribution < -0.4 is 10.2 Å². The standard InChI is InChI=1S/C13H16FN3O/c1-16-5-6-17-9(8-16)7-12(18)15-13-10(14)3-2-4-11(13)17/h2-4,9H,5-8H2,1H3,(H,15,18). The molecule has 3 rings (SSSR count). The number of para-hydroxylation sites is 1. The van der Waals surface area contributed by atoms with Crippen molar-refractivity contribution in [2.45, 2.75) is 12.5 Å². The van der Waals surface area contributed by atoms with Gasteiger partial charge in [-0.15, -0.1) is 0 Å². The average Bonchev–Trinajstić information content (AvgIpc) is 2.45. The molecule has 5 heteroatoms. The van der Waals surface area contributed by atoms with Crippen molar-refractivity contribution >= 4 is 17.3 Å². The first-order valence-electron chi connectivity index (χ1n) is 6.18. The summed E-state index contributed by atoms with van der Waals surface area (Å²) in [5, 5.41) is 2.69. The van der Waals surface area contributed by atoms with Crippen molar-refractivity contribution in [3.05, 3.63) is 24.0 Å². The number of fused-ring (bicyclic) bond motifs is 3. The Hall–Kier alpha value is -1.62. The van der Waals surface area contributed by atoms with Gasteiger partial charge in [0.15, 0.2) is 0 Å². The fourth-order valence-corrected chi connectivity index (χ4v) is 2.78. The predicted octanol–water partition coefficient (Wildman–Crippen LogP) is 1.29. The number of nitrogens with one attached hydrogen (secondary N) is 1. The number of piperazine rings is 1. The van der Waals surface area contributed by atoms with E-state index < -0.39 is 0 Å². The molecular weight excluding hydrogens is 233 g/mol. The molecule has 1 amide bonds. The minimum Gasteiger partial charge on any atom is -0.364 e. The molecule has 0 saturated carbocycles. The minimum absolute atomic E-state index is 0.107. The van der Waals surface area contributed by atoms with E-state index in [1.807, 2.05) is 13.1 Å². The third-order valence-electron chi connectivity index (χ3n) is 3.67. The number of hydrogen-bond donors (Lipinski definition) is 1. The van der Waals surface area contributed by atoms with Gasteiger partial charge in [-0.3, -0.25) is 4.79 Å². The SMILES string of the molecule is CN1CCN2c3cccc(F)c3NC(=O)CC2C1. The summed E-state index contributed by atoms with van der Waals surface area (Å²) in [4.78, 5) is 16.2. The quantitative estimate of drug-likeness (QED) is 0.752. The second kappa shape index (κ2) is 4.24. The van der Waals surface area contributed by atoms with E-state index in [1.165, 1.54) is 6.07 Å². The van der Waals surface area contributed by atoms with Gasteiger partial charge in [0.2, 0.25) is 5.91 Å². The molecule has 96 valence electrons. The first-order valence-corrected chi connectivity index (χ1v) is 6.18. The van der Waals surface area contributed by atoms with Gasteiger partial charge in [-0.2, -0.15) is 0 Å². The number of carbonyl (C=O) groups is 1. The van der Waals surface area contributed by atoms with Crippen LogP contribution in [-0.2, 0) is 4.79 Å². The molecule has 1 aromatic carbocycles. The van der Waals surface area contributed by atoms with E-state index in [1.54, 1.807) is 6.07 Å². The van der Waals surface area contributed by atoms with Gasteiger partial charge in [0.05, 0.1) is 11.7 Å². The fraction of sp³-hybridized carbons (Fsp3) is 0.462. The highest BCUT2D eigenvalue weighted by Crippen LogP contribution is 2.34. The molecule has 18 heavy (non-hydrogen) atoms. The molecule has 1 saturated heterocycles. The number of benzene rings is 1. The summed E-state index contributed by atoms with van der Waals surface area (Å²) in [5.41, 5.74) is 1.13. The number of nitrogens with zero attached hydrogens (tertiary/aromatic N) is 2. The summed E-state index contributed by atoms with van der Waals surface area (Å²) in [5.74, 6) is -0.468. The molecular formula is C13H16FN3O. The zero-order valence-electron chi connectivity index (χ0n) is 10.3. The summed E-state index contributed by atoms with van der Waals surface area (Å²) < 4.78 is 13.8. The second-order valence-corrected chi connectivity index (χ2v) is 5.00. The van der Waals surface area contributed by atoms with Crippen molar-refractivity contribution in [1.82, 2.24) is 4.90 Å². The van der Waals surface area contributed by atoms with E-state index in [4.69, 9.17) is 0 Å². The Morgan fingerprint density at radius 3 is 3.06 bits per heavy atom. The van der Waals surface area contributed by atoms with E-state index in [0.717, 1.165) is 25.3 Å². The van der Waals surface area contributed by atoms with Crippen LogP contribution in [-0.4, -0.2) is 43.5 Å². The third kappa shape index (κ3) is 1.84. The first kappa shape index (κ1) is 11.5. The number of rotatable bonds is 0. The van der Waals surface area contributed by atoms with Crippen molar-refractivity contribution in [3.8, 4) is 0 Å². The smallest absolute Gasteiger partial charge is 0.226 e. The molecule has 0 radical (unpaired) electrons. The molecule has 0 aromatic heterocycles. The molecule has 0 bridgehead atoms. The number of hydrogen-bond acceptors (Lipinski definition) is 3. The van der Waals surface area contributed by atoms with Crippen molar-refractivity contribution in [3.63, 3.8) is 0 Å². The zero-order valence-corrected chi connectivity index (χ0v) is 10.3. The van der Waals surface area contributed by atoms with E-state index >= 15 is 0 Å². The van der Waals surface area contributed by atoms with E-state index in [-0.39, 0.29) is 17.8 Å². The van der Waals surface area contributed by atoms with Crippen molar-refractivity contribution < 1.29 is 9.18 Å². The van der Waals surface area contributed by atoms with Crippen molar-refractivity contribution in [2.75, 3.05) is 36.9 Å². The molecule has 1 aromatic rings. The normalized spacial score (nSPS) is 24.0. The number of anilines is 2. The number of carbonyl (C=O) groups excluding carboxylic acids is 1. The van der Waals surface area contributed by atoms with Gasteiger partial charge in [-0.05, 0) is 19.2 Å². The lowest BCUT2D eigenvalue weighted by Gasteiger charge is -2.40. The molecule has 1 unspecified atom stereocenters. The Bertz CT molecular complexity index is 491. The summed E-state index contributed by atoms with van der Waals surface area (Å²) in [6.45, 7) is 2.59. The second-order valence-electron chi connectivity index (χ2n) is 5.00. The molecule has 2 aliphatic heterocycles. The Morgan fingerprint density at radius 1 is 1.39 bits per heavy atom. The molecule has 2 heterocycles. The van der Waals surface area contributed by atoms with Crippen LogP contribution >= 0.6 is 0 Å². The first-order chi connectivity index (χ1) is 8.65. The number of likely N-dealkylation sites (N-methyl/N-ethyl adjacent to an activating group) is 1. The molecule has 1 N–H and O–H groups in total. The summed E-state index contributed by atoms with van der Waals surface area (Å²) in [6, 6.07) is 5.09. The molecule has 4 nitrogen and oxygen atoms in total. The number of amides is 1. The van der Waals surface area contributed by atoms with Gasteiger partial charge < -0.3 is 15.1 Å². The maximum absolute atomic E-state index is 13.8. The summed E-state index contributed by atoms with van der Waals surface area (Å²) >= 11 is 0. The van der Waals surface area contributed by atoms with Gasteiger partial charge in [0.25, 0.3) is 0 Å². The van der Waals surface area contributed by atoms with Crippen LogP contribution in [0.25, 0.3) is 0 Å². The number of halogens is 1. The summed E-state index contributed by atoms with van der Waals surface area (Å²) in [7, 11) is 2.05. The van der Waals surface area contributed by atoms with E-state index in [0.29, 0.717) is 12.1 Å². The lowest BCUT2D eigenvalue weighted by molar-refractivity contribution is -0.116. The Balaban J connectivity index is 2.05. The maximum Gasteiger partial charge on any atom is 0.226 e. The zero-order chi connectivity index (χ0) is 12.7. The molecule has 1 fully saturated rings. The Morgan fingerprint density at radius 2 is 2.22 bits per heavy atom. The fourth-order valence-electron chi connectivity index (χ4n) is 2.78. The van der Waals surface area contributed by atoms with Crippen LogP contribution in [0.1, 0.15) is 6.42 Å². The van der Waals surface area contributed by atoms with Crippen LogP contribution in [0.4, 0.5) is 15.8 Å².